The normalized spacial score (nSPS) is 20.3. The Labute approximate surface area is 276 Å². The fourth-order valence-electron chi connectivity index (χ4n) is 6.07. The second kappa shape index (κ2) is 15.3. The lowest BCUT2D eigenvalue weighted by molar-refractivity contribution is -0.129. The molecule has 246 valence electrons. The van der Waals surface area contributed by atoms with Crippen LogP contribution >= 0.6 is 11.3 Å². The Morgan fingerprint density at radius 3 is 2.61 bits per heavy atom. The zero-order chi connectivity index (χ0) is 32.7. The number of nitrogens with zero attached hydrogens (tertiary/aromatic N) is 2. The predicted molar refractivity (Wildman–Crippen MR) is 183 cm³/mol. The third kappa shape index (κ3) is 8.80. The molecule has 2 unspecified atom stereocenters. The molecule has 1 aliphatic carbocycles. The van der Waals surface area contributed by atoms with Crippen molar-refractivity contribution in [1.29, 1.82) is 0 Å². The molecule has 1 aliphatic heterocycles. The van der Waals surface area contributed by atoms with Crippen LogP contribution in [0.2, 0.25) is 0 Å². The summed E-state index contributed by atoms with van der Waals surface area (Å²) in [6.45, 7) is 14.1. The molecule has 2 aliphatic rings. The van der Waals surface area contributed by atoms with Crippen LogP contribution < -0.4 is 16.0 Å². The molecule has 3 atom stereocenters. The van der Waals surface area contributed by atoms with Gasteiger partial charge in [-0.25, -0.2) is 4.98 Å². The first-order chi connectivity index (χ1) is 22.2. The quantitative estimate of drug-likeness (QED) is 0.212. The molecule has 1 saturated carbocycles. The van der Waals surface area contributed by atoms with Crippen molar-refractivity contribution in [3.05, 3.63) is 76.8 Å². The van der Waals surface area contributed by atoms with Gasteiger partial charge in [-0.1, -0.05) is 63.7 Å². The molecule has 3 N–H and O–H groups in total. The van der Waals surface area contributed by atoms with E-state index in [0.29, 0.717) is 63.5 Å². The monoisotopic (exact) mass is 645 g/mol. The van der Waals surface area contributed by atoms with E-state index in [-0.39, 0.29) is 29.2 Å². The lowest BCUT2D eigenvalue weighted by atomic mass is 9.95. The summed E-state index contributed by atoms with van der Waals surface area (Å²) >= 11 is 1.57. The zero-order valence-corrected chi connectivity index (χ0v) is 28.1. The fraction of sp³-hybridized carbons (Fsp3) is 0.500. The molecule has 2 fully saturated rings. The number of morpholine rings is 1. The van der Waals surface area contributed by atoms with E-state index in [1.165, 1.54) is 5.56 Å². The molecule has 2 heterocycles. The van der Waals surface area contributed by atoms with Crippen molar-refractivity contribution in [2.45, 2.75) is 70.9 Å². The fourth-order valence-corrected chi connectivity index (χ4v) is 7.14. The van der Waals surface area contributed by atoms with Crippen LogP contribution in [0.25, 0.3) is 10.2 Å². The molecule has 3 amide bonds. The van der Waals surface area contributed by atoms with Crippen LogP contribution in [0.1, 0.15) is 62.1 Å². The smallest absolute Gasteiger partial charge is 0.247 e. The topological polar surface area (TPSA) is 113 Å². The summed E-state index contributed by atoms with van der Waals surface area (Å²) in [6, 6.07) is 15.5. The van der Waals surface area contributed by atoms with Crippen LogP contribution in [-0.4, -0.2) is 79.1 Å². The third-order valence-corrected chi connectivity index (χ3v) is 10.0. The maximum absolute atomic E-state index is 13.8. The number of hydrogen-bond acceptors (Lipinski definition) is 7. The van der Waals surface area contributed by atoms with Crippen LogP contribution in [0.3, 0.4) is 0 Å². The molecule has 0 spiro atoms. The molecule has 0 radical (unpaired) electrons. The minimum atomic E-state index is -0.748. The number of hydrogen-bond donors (Lipinski definition) is 3. The van der Waals surface area contributed by atoms with Crippen molar-refractivity contribution in [3.8, 4) is 0 Å². The first-order valence-corrected chi connectivity index (χ1v) is 17.3. The average Bonchev–Trinajstić information content (AvgIpc) is 3.53. The van der Waals surface area contributed by atoms with E-state index < -0.39 is 6.04 Å². The van der Waals surface area contributed by atoms with E-state index in [1.54, 1.807) is 11.3 Å². The molecule has 3 aromatic rings. The summed E-state index contributed by atoms with van der Waals surface area (Å²) in [4.78, 5) is 46.6. The number of carbonyl (C=O) groups is 3. The Morgan fingerprint density at radius 2 is 1.89 bits per heavy atom. The number of benzene rings is 2. The van der Waals surface area contributed by atoms with Crippen molar-refractivity contribution >= 4 is 39.3 Å². The number of ether oxygens (including phenoxy) is 1. The van der Waals surface area contributed by atoms with Crippen molar-refractivity contribution in [1.82, 2.24) is 25.8 Å². The van der Waals surface area contributed by atoms with Gasteiger partial charge in [0.2, 0.25) is 17.7 Å². The Bertz CT molecular complexity index is 1530. The molecule has 46 heavy (non-hydrogen) atoms. The van der Waals surface area contributed by atoms with Crippen molar-refractivity contribution in [2.24, 2.45) is 5.41 Å². The Morgan fingerprint density at radius 1 is 1.13 bits per heavy atom. The first-order valence-electron chi connectivity index (χ1n) is 16.4. The number of rotatable bonds is 15. The van der Waals surface area contributed by atoms with E-state index in [0.717, 1.165) is 40.3 Å². The second-order valence-corrected chi connectivity index (χ2v) is 14.1. The molecule has 2 aromatic carbocycles. The van der Waals surface area contributed by atoms with E-state index in [1.807, 2.05) is 31.2 Å². The lowest BCUT2D eigenvalue weighted by Gasteiger charge is -2.27. The summed E-state index contributed by atoms with van der Waals surface area (Å²) < 4.78 is 6.50. The maximum atomic E-state index is 13.8. The van der Waals surface area contributed by atoms with Crippen molar-refractivity contribution in [3.63, 3.8) is 0 Å². The van der Waals surface area contributed by atoms with Gasteiger partial charge in [0.15, 0.2) is 0 Å². The largest absolute Gasteiger partial charge is 0.379 e. The van der Waals surface area contributed by atoms with E-state index in [4.69, 9.17) is 9.72 Å². The number of amides is 3. The summed E-state index contributed by atoms with van der Waals surface area (Å²) in [5.41, 5.74) is 3.47. The molecule has 10 heteroatoms. The summed E-state index contributed by atoms with van der Waals surface area (Å²) in [5, 5.41) is 10.1. The van der Waals surface area contributed by atoms with E-state index >= 15 is 0 Å². The highest BCUT2D eigenvalue weighted by Crippen LogP contribution is 2.48. The number of fused-ring (bicyclic) bond motifs is 1. The van der Waals surface area contributed by atoms with Crippen molar-refractivity contribution < 1.29 is 19.1 Å². The molecule has 9 nitrogen and oxygen atoms in total. The van der Waals surface area contributed by atoms with Gasteiger partial charge < -0.3 is 20.7 Å². The van der Waals surface area contributed by atoms with Gasteiger partial charge in [-0.2, -0.15) is 0 Å². The Kier molecular flexibility index (Phi) is 11.2. The molecular weight excluding hydrogens is 598 g/mol. The standard InChI is InChI=1S/C36H47N5O4S/c1-5-9-32(42)38-29(19-33-39-28-13-12-27(24(2)3)18-30(28)46-33)35(44)40-31-21-36(31,20-26-10-7-6-8-11-26)23-37-34(43)25(4)22-41-14-16-45-17-15-41/h6-8,10-13,18,24,29,31H,4-5,9,14-17,19-23H2,1-3H3,(H,37,43)(H,38,42)(H,40,44)/t29-,31?,36?/m0/s1. The molecule has 0 bridgehead atoms. The van der Waals surface area contributed by atoms with Crippen LogP contribution in [-0.2, 0) is 32.0 Å². The molecular formula is C36H47N5O4S. The summed E-state index contributed by atoms with van der Waals surface area (Å²) in [7, 11) is 0. The van der Waals surface area contributed by atoms with Gasteiger partial charge in [-0.3, -0.25) is 19.3 Å². The van der Waals surface area contributed by atoms with Crippen LogP contribution in [0, 0.1) is 5.41 Å². The SMILES string of the molecule is C=C(CN1CCOCC1)C(=O)NCC1(Cc2ccccc2)CC1NC(=O)[C@H](Cc1nc2ccc(C(C)C)cc2s1)NC(=O)CCC. The number of nitrogens with one attached hydrogen (secondary N) is 3. The number of thiazole rings is 1. The minimum Gasteiger partial charge on any atom is -0.379 e. The minimum absolute atomic E-state index is 0.150. The van der Waals surface area contributed by atoms with Gasteiger partial charge in [0.1, 0.15) is 6.04 Å². The molecule has 1 aromatic heterocycles. The van der Waals surface area contributed by atoms with Gasteiger partial charge in [0, 0.05) is 56.1 Å². The van der Waals surface area contributed by atoms with E-state index in [2.05, 4.69) is 65.5 Å². The predicted octanol–water partition coefficient (Wildman–Crippen LogP) is 4.37. The highest BCUT2D eigenvalue weighted by atomic mass is 32.1. The molecule has 1 saturated heterocycles. The summed E-state index contributed by atoms with van der Waals surface area (Å²) in [6.07, 6.45) is 2.78. The Balaban J connectivity index is 1.27. The zero-order valence-electron chi connectivity index (χ0n) is 27.3. The van der Waals surface area contributed by atoms with Crippen LogP contribution in [0.4, 0.5) is 0 Å². The van der Waals surface area contributed by atoms with Gasteiger partial charge >= 0.3 is 0 Å². The third-order valence-electron chi connectivity index (χ3n) is 8.98. The van der Waals surface area contributed by atoms with Crippen LogP contribution in [0.5, 0.6) is 0 Å². The first kappa shape index (κ1) is 33.8. The second-order valence-electron chi connectivity index (χ2n) is 13.0. The average molecular weight is 646 g/mol. The molecule has 5 rings (SSSR count). The van der Waals surface area contributed by atoms with Gasteiger partial charge in [0.05, 0.1) is 28.4 Å². The van der Waals surface area contributed by atoms with Crippen molar-refractivity contribution in [2.75, 3.05) is 39.4 Å². The van der Waals surface area contributed by atoms with E-state index in [9.17, 15) is 14.4 Å². The number of aromatic nitrogens is 1. The Hall–Kier alpha value is -3.60. The highest BCUT2D eigenvalue weighted by molar-refractivity contribution is 7.18. The van der Waals surface area contributed by atoms with Gasteiger partial charge in [0.25, 0.3) is 0 Å². The van der Waals surface area contributed by atoms with Gasteiger partial charge in [-0.15, -0.1) is 11.3 Å². The highest BCUT2D eigenvalue weighted by Gasteiger charge is 2.55. The maximum Gasteiger partial charge on any atom is 0.247 e. The lowest BCUT2D eigenvalue weighted by Crippen LogP contribution is -2.50. The number of carbonyl (C=O) groups excluding carboxylic acids is 3. The van der Waals surface area contributed by atoms with Gasteiger partial charge in [-0.05, 0) is 48.4 Å². The summed E-state index contributed by atoms with van der Waals surface area (Å²) in [5.74, 6) is -0.140. The van der Waals surface area contributed by atoms with Crippen LogP contribution in [0.15, 0.2) is 60.7 Å².